The van der Waals surface area contributed by atoms with Crippen LogP contribution in [0.5, 0.6) is 0 Å². The zero-order valence-electron chi connectivity index (χ0n) is 10.0. The van der Waals surface area contributed by atoms with E-state index in [0.29, 0.717) is 13.0 Å². The predicted octanol–water partition coefficient (Wildman–Crippen LogP) is 2.91. The van der Waals surface area contributed by atoms with Gasteiger partial charge in [0.2, 0.25) is 0 Å². The second-order valence-corrected chi connectivity index (χ2v) is 9.71. The second kappa shape index (κ2) is 5.06. The lowest BCUT2D eigenvalue weighted by atomic mass is 10.00. The van der Waals surface area contributed by atoms with E-state index in [0.717, 1.165) is 12.8 Å². The highest BCUT2D eigenvalue weighted by Gasteiger charge is 2.47. The second-order valence-electron chi connectivity index (χ2n) is 5.25. The number of hydrogen-bond acceptors (Lipinski definition) is 2. The normalized spacial score (nSPS) is 25.5. The summed E-state index contributed by atoms with van der Waals surface area (Å²) in [6, 6.07) is -0.569. The molecule has 0 aromatic rings. The lowest BCUT2D eigenvalue weighted by Crippen LogP contribution is -2.54. The Hall–Kier alpha value is -0.0731. The van der Waals surface area contributed by atoms with Crippen molar-refractivity contribution in [2.24, 2.45) is 0 Å². The van der Waals surface area contributed by atoms with E-state index in [2.05, 4.69) is 5.32 Å². The van der Waals surface area contributed by atoms with Gasteiger partial charge in [-0.2, -0.15) is 13.2 Å². The maximum absolute atomic E-state index is 12.9. The van der Waals surface area contributed by atoms with E-state index in [-0.39, 0.29) is 0 Å². The minimum absolute atomic E-state index is 0.550. The number of rotatable bonds is 3. The Morgan fingerprint density at radius 2 is 1.88 bits per heavy atom. The summed E-state index contributed by atoms with van der Waals surface area (Å²) in [5.41, 5.74) is 0. The van der Waals surface area contributed by atoms with Gasteiger partial charge in [0, 0.05) is 6.04 Å². The van der Waals surface area contributed by atoms with Crippen LogP contribution < -0.4 is 5.32 Å². The van der Waals surface area contributed by atoms with E-state index in [4.69, 9.17) is 4.43 Å². The molecule has 1 rings (SSSR count). The molecule has 1 heterocycles. The smallest absolute Gasteiger partial charge is 0.405 e. The summed E-state index contributed by atoms with van der Waals surface area (Å²) < 4.78 is 44.0. The highest BCUT2D eigenvalue weighted by atomic mass is 28.4. The zero-order chi connectivity index (χ0) is 12.4. The quantitative estimate of drug-likeness (QED) is 0.783. The van der Waals surface area contributed by atoms with Crippen LogP contribution >= 0.6 is 0 Å². The molecule has 6 heteroatoms. The Kier molecular flexibility index (Phi) is 4.42. The molecule has 2 unspecified atom stereocenters. The highest BCUT2D eigenvalue weighted by Crippen LogP contribution is 2.30. The number of hydrogen-bond donors (Lipinski definition) is 1. The fraction of sp³-hybridized carbons (Fsp3) is 1.00. The van der Waals surface area contributed by atoms with Crippen LogP contribution in [0.25, 0.3) is 0 Å². The Morgan fingerprint density at radius 1 is 1.25 bits per heavy atom. The lowest BCUT2D eigenvalue weighted by Gasteiger charge is -2.36. The summed E-state index contributed by atoms with van der Waals surface area (Å²) in [4.78, 5) is 0. The molecular weight excluding hydrogens is 235 g/mol. The standard InChI is InChI=1S/C10H20F3NOSi/c1-16(2,3)15-9(10(11,12)13)8-6-4-5-7-14-8/h8-9,14H,4-7H2,1-3H3. The molecule has 0 radical (unpaired) electrons. The highest BCUT2D eigenvalue weighted by molar-refractivity contribution is 6.69. The maximum Gasteiger partial charge on any atom is 0.414 e. The van der Waals surface area contributed by atoms with E-state index >= 15 is 0 Å². The van der Waals surface area contributed by atoms with Gasteiger partial charge < -0.3 is 9.74 Å². The number of halogens is 3. The molecule has 1 fully saturated rings. The zero-order valence-corrected chi connectivity index (χ0v) is 11.0. The van der Waals surface area contributed by atoms with Crippen molar-refractivity contribution in [3.8, 4) is 0 Å². The fourth-order valence-electron chi connectivity index (χ4n) is 1.90. The monoisotopic (exact) mass is 255 g/mol. The van der Waals surface area contributed by atoms with Gasteiger partial charge >= 0.3 is 6.18 Å². The Bertz CT molecular complexity index is 221. The molecule has 1 N–H and O–H groups in total. The first-order valence-corrected chi connectivity index (χ1v) is 9.09. The molecule has 16 heavy (non-hydrogen) atoms. The van der Waals surface area contributed by atoms with Gasteiger partial charge in [-0.1, -0.05) is 6.42 Å². The van der Waals surface area contributed by atoms with E-state index in [1.54, 1.807) is 19.6 Å². The third kappa shape index (κ3) is 4.43. The largest absolute Gasteiger partial charge is 0.414 e. The predicted molar refractivity (Wildman–Crippen MR) is 59.9 cm³/mol. The Balaban J connectivity index is 2.70. The van der Waals surface area contributed by atoms with Gasteiger partial charge in [0.1, 0.15) is 0 Å². The van der Waals surface area contributed by atoms with E-state index in [1.807, 2.05) is 0 Å². The van der Waals surface area contributed by atoms with Crippen LogP contribution in [0.3, 0.4) is 0 Å². The average molecular weight is 255 g/mol. The van der Waals surface area contributed by atoms with Crippen LogP contribution in [0.15, 0.2) is 0 Å². The average Bonchev–Trinajstić information content (AvgIpc) is 2.13. The van der Waals surface area contributed by atoms with Crippen LogP contribution in [0.1, 0.15) is 19.3 Å². The molecule has 2 nitrogen and oxygen atoms in total. The molecule has 0 aliphatic carbocycles. The van der Waals surface area contributed by atoms with E-state index in [9.17, 15) is 13.2 Å². The first kappa shape index (κ1) is 14.0. The van der Waals surface area contributed by atoms with Crippen molar-refractivity contribution in [2.45, 2.75) is 57.2 Å². The number of nitrogens with one attached hydrogen (secondary N) is 1. The van der Waals surface area contributed by atoms with Gasteiger partial charge in [-0.25, -0.2) is 0 Å². The molecule has 0 saturated carbocycles. The minimum atomic E-state index is -4.27. The molecule has 0 aromatic carbocycles. The number of piperidine rings is 1. The Morgan fingerprint density at radius 3 is 2.25 bits per heavy atom. The van der Waals surface area contributed by atoms with Gasteiger partial charge in [0.25, 0.3) is 0 Å². The summed E-state index contributed by atoms with van der Waals surface area (Å²) in [5.74, 6) is 0. The number of alkyl halides is 3. The third-order valence-electron chi connectivity index (χ3n) is 2.52. The summed E-state index contributed by atoms with van der Waals surface area (Å²) in [7, 11) is -2.17. The first-order valence-electron chi connectivity index (χ1n) is 5.68. The van der Waals surface area contributed by atoms with Gasteiger partial charge in [-0.15, -0.1) is 0 Å². The van der Waals surface area contributed by atoms with Gasteiger partial charge in [-0.05, 0) is 39.0 Å². The molecule has 0 bridgehead atoms. The van der Waals surface area contributed by atoms with Crippen LogP contribution in [0.4, 0.5) is 13.2 Å². The van der Waals surface area contributed by atoms with Crippen molar-refractivity contribution in [2.75, 3.05) is 6.54 Å². The summed E-state index contributed by atoms with van der Waals surface area (Å²) in [5, 5.41) is 2.93. The molecule has 1 saturated heterocycles. The lowest BCUT2D eigenvalue weighted by molar-refractivity contribution is -0.207. The third-order valence-corrected chi connectivity index (χ3v) is 3.48. The minimum Gasteiger partial charge on any atom is -0.405 e. The van der Waals surface area contributed by atoms with Crippen molar-refractivity contribution in [3.63, 3.8) is 0 Å². The topological polar surface area (TPSA) is 21.3 Å². The van der Waals surface area contributed by atoms with Crippen molar-refractivity contribution in [1.29, 1.82) is 0 Å². The molecule has 96 valence electrons. The van der Waals surface area contributed by atoms with Crippen molar-refractivity contribution >= 4 is 8.32 Å². The maximum atomic E-state index is 12.9. The van der Waals surface area contributed by atoms with E-state index in [1.165, 1.54) is 0 Å². The molecule has 1 aliphatic heterocycles. The SMILES string of the molecule is C[Si](C)(C)OC(C1CCCCN1)C(F)(F)F. The fourth-order valence-corrected chi connectivity index (χ4v) is 2.95. The van der Waals surface area contributed by atoms with Crippen molar-refractivity contribution in [1.82, 2.24) is 5.32 Å². The van der Waals surface area contributed by atoms with Gasteiger partial charge in [0.15, 0.2) is 14.4 Å². The van der Waals surface area contributed by atoms with Crippen LogP contribution in [-0.2, 0) is 4.43 Å². The summed E-state index contributed by atoms with van der Waals surface area (Å²) >= 11 is 0. The summed E-state index contributed by atoms with van der Waals surface area (Å²) in [6.07, 6.45) is -3.56. The Labute approximate surface area is 95.7 Å². The summed E-state index contributed by atoms with van der Waals surface area (Å²) in [6.45, 7) is 6.02. The van der Waals surface area contributed by atoms with Crippen LogP contribution in [-0.4, -0.2) is 33.2 Å². The van der Waals surface area contributed by atoms with Crippen molar-refractivity contribution < 1.29 is 17.6 Å². The van der Waals surface area contributed by atoms with Crippen LogP contribution in [0, 0.1) is 0 Å². The van der Waals surface area contributed by atoms with Gasteiger partial charge in [0.05, 0.1) is 0 Å². The molecule has 2 atom stereocenters. The van der Waals surface area contributed by atoms with Crippen molar-refractivity contribution in [3.05, 3.63) is 0 Å². The first-order chi connectivity index (χ1) is 7.20. The molecule has 0 aromatic heterocycles. The molecular formula is C10H20F3NOSi. The molecule has 0 spiro atoms. The van der Waals surface area contributed by atoms with E-state index < -0.39 is 26.6 Å². The van der Waals surface area contributed by atoms with Gasteiger partial charge in [-0.3, -0.25) is 0 Å². The molecule has 0 amide bonds. The molecule has 1 aliphatic rings. The van der Waals surface area contributed by atoms with Crippen LogP contribution in [0.2, 0.25) is 19.6 Å².